The first-order valence-electron chi connectivity index (χ1n) is 8.81. The number of hydrogen-bond acceptors (Lipinski definition) is 4. The van der Waals surface area contributed by atoms with E-state index in [0.29, 0.717) is 11.5 Å². The molecule has 0 unspecified atom stereocenters. The van der Waals surface area contributed by atoms with Gasteiger partial charge >= 0.3 is 5.97 Å². The summed E-state index contributed by atoms with van der Waals surface area (Å²) < 4.78 is 5.28. The SMILES string of the molecule is Cc1cccc(/C=C(/C(=O)OCC(=O)N[C@@H](C)C2CC2)c2cccs2)c1. The lowest BCUT2D eigenvalue weighted by molar-refractivity contribution is -0.143. The van der Waals surface area contributed by atoms with Gasteiger partial charge in [0.15, 0.2) is 6.61 Å². The van der Waals surface area contributed by atoms with Crippen LogP contribution in [0.25, 0.3) is 11.6 Å². The van der Waals surface area contributed by atoms with Crippen LogP contribution in [0.4, 0.5) is 0 Å². The lowest BCUT2D eigenvalue weighted by Gasteiger charge is -2.13. The fraction of sp³-hybridized carbons (Fsp3) is 0.333. The van der Waals surface area contributed by atoms with Crippen LogP contribution in [0.2, 0.25) is 0 Å². The molecule has 4 nitrogen and oxygen atoms in total. The Morgan fingerprint density at radius 1 is 1.31 bits per heavy atom. The molecule has 0 bridgehead atoms. The van der Waals surface area contributed by atoms with Crippen LogP contribution < -0.4 is 5.32 Å². The summed E-state index contributed by atoms with van der Waals surface area (Å²) in [5.74, 6) is -0.167. The topological polar surface area (TPSA) is 55.4 Å². The molecule has 5 heteroatoms. The number of aryl methyl sites for hydroxylation is 1. The second kappa shape index (κ2) is 8.32. The van der Waals surface area contributed by atoms with Crippen LogP contribution in [-0.4, -0.2) is 24.5 Å². The van der Waals surface area contributed by atoms with E-state index in [4.69, 9.17) is 4.74 Å². The predicted octanol–water partition coefficient (Wildman–Crippen LogP) is 4.06. The number of carbonyl (C=O) groups excluding carboxylic acids is 2. The smallest absolute Gasteiger partial charge is 0.340 e. The summed E-state index contributed by atoms with van der Waals surface area (Å²) in [5, 5.41) is 4.81. The van der Waals surface area contributed by atoms with Gasteiger partial charge in [-0.2, -0.15) is 0 Å². The van der Waals surface area contributed by atoms with Crippen molar-refractivity contribution in [3.05, 3.63) is 57.8 Å². The van der Waals surface area contributed by atoms with Crippen molar-refractivity contribution in [2.24, 2.45) is 5.92 Å². The fourth-order valence-electron chi connectivity index (χ4n) is 2.81. The van der Waals surface area contributed by atoms with Gasteiger partial charge in [0.2, 0.25) is 0 Å². The molecule has 1 heterocycles. The molecule has 3 rings (SSSR count). The van der Waals surface area contributed by atoms with Crippen molar-refractivity contribution in [2.75, 3.05) is 6.61 Å². The zero-order valence-corrected chi connectivity index (χ0v) is 15.8. The largest absolute Gasteiger partial charge is 0.452 e. The second-order valence-corrected chi connectivity index (χ2v) is 7.67. The van der Waals surface area contributed by atoms with Gasteiger partial charge in [-0.1, -0.05) is 35.9 Å². The maximum absolute atomic E-state index is 12.6. The Labute approximate surface area is 157 Å². The van der Waals surface area contributed by atoms with E-state index in [2.05, 4.69) is 5.32 Å². The molecule has 0 radical (unpaired) electrons. The highest BCUT2D eigenvalue weighted by atomic mass is 32.1. The summed E-state index contributed by atoms with van der Waals surface area (Å²) in [5.41, 5.74) is 2.51. The van der Waals surface area contributed by atoms with Crippen molar-refractivity contribution >= 4 is 34.9 Å². The number of hydrogen-bond donors (Lipinski definition) is 1. The highest BCUT2D eigenvalue weighted by Gasteiger charge is 2.29. The molecule has 26 heavy (non-hydrogen) atoms. The molecule has 0 spiro atoms. The Balaban J connectivity index is 1.68. The first-order valence-corrected chi connectivity index (χ1v) is 9.69. The third-order valence-electron chi connectivity index (χ3n) is 4.41. The Morgan fingerprint density at radius 3 is 2.77 bits per heavy atom. The van der Waals surface area contributed by atoms with E-state index in [1.54, 1.807) is 0 Å². The fourth-order valence-corrected chi connectivity index (χ4v) is 3.54. The zero-order chi connectivity index (χ0) is 18.5. The van der Waals surface area contributed by atoms with Gasteiger partial charge in [-0.3, -0.25) is 4.79 Å². The molecule has 1 atom stereocenters. The maximum atomic E-state index is 12.6. The van der Waals surface area contributed by atoms with Gasteiger partial charge in [0, 0.05) is 10.9 Å². The Hall–Kier alpha value is -2.40. The van der Waals surface area contributed by atoms with Gasteiger partial charge < -0.3 is 10.1 Å². The minimum atomic E-state index is -0.483. The van der Waals surface area contributed by atoms with E-state index < -0.39 is 5.97 Å². The highest BCUT2D eigenvalue weighted by molar-refractivity contribution is 7.11. The van der Waals surface area contributed by atoms with E-state index in [9.17, 15) is 9.59 Å². The van der Waals surface area contributed by atoms with E-state index in [1.807, 2.05) is 61.7 Å². The Kier molecular flexibility index (Phi) is 5.89. The molecule has 1 aliphatic carbocycles. The number of nitrogens with one attached hydrogen (secondary N) is 1. The summed E-state index contributed by atoms with van der Waals surface area (Å²) in [4.78, 5) is 25.4. The third kappa shape index (κ3) is 5.05. The van der Waals surface area contributed by atoms with Crippen molar-refractivity contribution in [3.63, 3.8) is 0 Å². The predicted molar refractivity (Wildman–Crippen MR) is 105 cm³/mol. The summed E-state index contributed by atoms with van der Waals surface area (Å²) in [6.07, 6.45) is 4.12. The van der Waals surface area contributed by atoms with Gasteiger partial charge in [0.25, 0.3) is 5.91 Å². The molecule has 1 aliphatic rings. The molecule has 1 aromatic carbocycles. The van der Waals surface area contributed by atoms with Crippen molar-refractivity contribution < 1.29 is 14.3 Å². The first-order chi connectivity index (χ1) is 12.5. The minimum absolute atomic E-state index is 0.140. The molecule has 1 N–H and O–H groups in total. The van der Waals surface area contributed by atoms with Gasteiger partial charge in [-0.05, 0) is 55.7 Å². The molecular formula is C21H23NO3S. The minimum Gasteiger partial charge on any atom is -0.452 e. The first kappa shape index (κ1) is 18.4. The average Bonchev–Trinajstić information content (AvgIpc) is 3.33. The van der Waals surface area contributed by atoms with Gasteiger partial charge in [0.05, 0.1) is 5.57 Å². The normalized spacial score (nSPS) is 15.4. The highest BCUT2D eigenvalue weighted by Crippen LogP contribution is 2.32. The monoisotopic (exact) mass is 369 g/mol. The van der Waals surface area contributed by atoms with Crippen LogP contribution in [0.3, 0.4) is 0 Å². The van der Waals surface area contributed by atoms with Crippen LogP contribution in [0.15, 0.2) is 41.8 Å². The van der Waals surface area contributed by atoms with E-state index in [-0.39, 0.29) is 18.6 Å². The van der Waals surface area contributed by atoms with Crippen LogP contribution in [0.1, 0.15) is 35.8 Å². The molecule has 1 saturated carbocycles. The van der Waals surface area contributed by atoms with E-state index in [1.165, 1.54) is 11.3 Å². The van der Waals surface area contributed by atoms with Crippen LogP contribution >= 0.6 is 11.3 Å². The summed E-state index contributed by atoms with van der Waals surface area (Å²) in [6, 6.07) is 11.8. The standard InChI is InChI=1S/C21H23NO3S/c1-14-5-3-6-16(11-14)12-18(19-7-4-10-26-19)21(24)25-13-20(23)22-15(2)17-8-9-17/h3-7,10-12,15,17H,8-9,13H2,1-2H3,(H,22,23)/b18-12+/t15-/m0/s1. The Morgan fingerprint density at radius 2 is 2.12 bits per heavy atom. The van der Waals surface area contributed by atoms with Crippen LogP contribution in [-0.2, 0) is 14.3 Å². The van der Waals surface area contributed by atoms with E-state index in [0.717, 1.165) is 28.8 Å². The molecule has 1 fully saturated rings. The number of esters is 1. The number of rotatable bonds is 7. The Bertz CT molecular complexity index is 806. The lowest BCUT2D eigenvalue weighted by Crippen LogP contribution is -2.37. The number of thiophene rings is 1. The van der Waals surface area contributed by atoms with Gasteiger partial charge in [-0.25, -0.2) is 4.79 Å². The maximum Gasteiger partial charge on any atom is 0.340 e. The summed E-state index contributed by atoms with van der Waals surface area (Å²) in [7, 11) is 0. The van der Waals surface area contributed by atoms with Crippen molar-refractivity contribution in [1.82, 2.24) is 5.32 Å². The van der Waals surface area contributed by atoms with Crippen molar-refractivity contribution in [3.8, 4) is 0 Å². The number of ether oxygens (including phenoxy) is 1. The second-order valence-electron chi connectivity index (χ2n) is 6.72. The van der Waals surface area contributed by atoms with Crippen LogP contribution in [0, 0.1) is 12.8 Å². The quantitative estimate of drug-likeness (QED) is 0.592. The average molecular weight is 369 g/mol. The number of carbonyl (C=O) groups is 2. The molecule has 136 valence electrons. The molecule has 0 saturated heterocycles. The van der Waals surface area contributed by atoms with Crippen molar-refractivity contribution in [1.29, 1.82) is 0 Å². The van der Waals surface area contributed by atoms with Gasteiger partial charge in [-0.15, -0.1) is 11.3 Å². The van der Waals surface area contributed by atoms with E-state index >= 15 is 0 Å². The molecule has 1 aromatic heterocycles. The van der Waals surface area contributed by atoms with Gasteiger partial charge in [0.1, 0.15) is 0 Å². The summed E-state index contributed by atoms with van der Waals surface area (Å²) >= 11 is 1.47. The number of amides is 1. The molecule has 1 amide bonds. The third-order valence-corrected chi connectivity index (χ3v) is 5.31. The number of benzene rings is 1. The molecule has 2 aromatic rings. The van der Waals surface area contributed by atoms with Crippen molar-refractivity contribution in [2.45, 2.75) is 32.7 Å². The summed E-state index contributed by atoms with van der Waals surface area (Å²) in [6.45, 7) is 3.74. The molecule has 0 aliphatic heterocycles. The lowest BCUT2D eigenvalue weighted by atomic mass is 10.1. The zero-order valence-electron chi connectivity index (χ0n) is 15.0. The van der Waals surface area contributed by atoms with Crippen LogP contribution in [0.5, 0.6) is 0 Å². The molecular weight excluding hydrogens is 346 g/mol.